The first-order valence-corrected chi connectivity index (χ1v) is 5.80. The molecule has 15 heavy (non-hydrogen) atoms. The molecule has 0 bridgehead atoms. The minimum absolute atomic E-state index is 0.135. The molecule has 4 nitrogen and oxygen atoms in total. The summed E-state index contributed by atoms with van der Waals surface area (Å²) in [5.41, 5.74) is 0. The van der Waals surface area contributed by atoms with Gasteiger partial charge in [-0.05, 0) is 40.0 Å². The van der Waals surface area contributed by atoms with Crippen LogP contribution >= 0.6 is 0 Å². The van der Waals surface area contributed by atoms with Crippen LogP contribution in [0.1, 0.15) is 26.2 Å². The average Bonchev–Trinajstić information content (AvgIpc) is 2.18. The van der Waals surface area contributed by atoms with Crippen molar-refractivity contribution in [3.05, 3.63) is 0 Å². The Morgan fingerprint density at radius 3 is 2.60 bits per heavy atom. The lowest BCUT2D eigenvalue weighted by atomic mass is 10.3. The SMILES string of the molecule is CCCCNC(=O)CN(C)CCCNC. The fourth-order valence-electron chi connectivity index (χ4n) is 1.31. The van der Waals surface area contributed by atoms with Crippen molar-refractivity contribution in [3.8, 4) is 0 Å². The number of hydrogen-bond donors (Lipinski definition) is 2. The molecule has 0 aliphatic heterocycles. The summed E-state index contributed by atoms with van der Waals surface area (Å²) in [5.74, 6) is 0.135. The van der Waals surface area contributed by atoms with Crippen molar-refractivity contribution in [1.29, 1.82) is 0 Å². The van der Waals surface area contributed by atoms with Crippen molar-refractivity contribution in [2.45, 2.75) is 26.2 Å². The Bertz CT molecular complexity index is 162. The summed E-state index contributed by atoms with van der Waals surface area (Å²) in [6, 6.07) is 0. The van der Waals surface area contributed by atoms with Gasteiger partial charge < -0.3 is 10.6 Å². The molecule has 0 fully saturated rings. The Balaban J connectivity index is 3.40. The maximum Gasteiger partial charge on any atom is 0.234 e. The van der Waals surface area contributed by atoms with Crippen molar-refractivity contribution >= 4 is 5.91 Å². The highest BCUT2D eigenvalue weighted by molar-refractivity contribution is 5.77. The monoisotopic (exact) mass is 215 g/mol. The van der Waals surface area contributed by atoms with Gasteiger partial charge in [-0.25, -0.2) is 0 Å². The van der Waals surface area contributed by atoms with Crippen molar-refractivity contribution in [1.82, 2.24) is 15.5 Å². The topological polar surface area (TPSA) is 44.4 Å². The highest BCUT2D eigenvalue weighted by Gasteiger charge is 2.04. The van der Waals surface area contributed by atoms with E-state index in [9.17, 15) is 4.79 Å². The Morgan fingerprint density at radius 2 is 2.00 bits per heavy atom. The summed E-state index contributed by atoms with van der Waals surface area (Å²) in [6.45, 7) is 5.40. The molecule has 90 valence electrons. The number of amides is 1. The molecule has 0 heterocycles. The first kappa shape index (κ1) is 14.4. The van der Waals surface area contributed by atoms with Crippen LogP contribution in [0.3, 0.4) is 0 Å². The standard InChI is InChI=1S/C11H25N3O/c1-4-5-8-13-11(15)10-14(3)9-6-7-12-2/h12H,4-10H2,1-3H3,(H,13,15). The average molecular weight is 215 g/mol. The van der Waals surface area contributed by atoms with E-state index in [1.807, 2.05) is 14.1 Å². The van der Waals surface area contributed by atoms with Crippen molar-refractivity contribution in [3.63, 3.8) is 0 Å². The van der Waals surface area contributed by atoms with Crippen LogP contribution in [-0.2, 0) is 4.79 Å². The smallest absolute Gasteiger partial charge is 0.234 e. The lowest BCUT2D eigenvalue weighted by molar-refractivity contribution is -0.121. The molecule has 0 atom stereocenters. The molecule has 0 saturated carbocycles. The molecule has 0 aliphatic rings. The molecular weight excluding hydrogens is 190 g/mol. The van der Waals surface area contributed by atoms with Crippen molar-refractivity contribution in [2.75, 3.05) is 40.3 Å². The van der Waals surface area contributed by atoms with Gasteiger partial charge in [-0.15, -0.1) is 0 Å². The molecule has 0 aromatic carbocycles. The zero-order valence-electron chi connectivity index (χ0n) is 10.3. The zero-order valence-corrected chi connectivity index (χ0v) is 10.3. The largest absolute Gasteiger partial charge is 0.355 e. The molecule has 0 aromatic heterocycles. The Hall–Kier alpha value is -0.610. The van der Waals surface area contributed by atoms with E-state index in [1.165, 1.54) is 0 Å². The van der Waals surface area contributed by atoms with Crippen LogP contribution in [0.4, 0.5) is 0 Å². The molecule has 2 N–H and O–H groups in total. The van der Waals surface area contributed by atoms with Crippen LogP contribution in [0.2, 0.25) is 0 Å². The molecule has 0 unspecified atom stereocenters. The Labute approximate surface area is 93.4 Å². The van der Waals surface area contributed by atoms with Gasteiger partial charge in [-0.1, -0.05) is 13.3 Å². The molecule has 0 radical (unpaired) electrons. The number of nitrogens with one attached hydrogen (secondary N) is 2. The number of unbranched alkanes of at least 4 members (excludes halogenated alkanes) is 1. The normalized spacial score (nSPS) is 10.7. The predicted molar refractivity (Wildman–Crippen MR) is 64.0 cm³/mol. The highest BCUT2D eigenvalue weighted by Crippen LogP contribution is 1.87. The number of rotatable bonds is 9. The van der Waals surface area contributed by atoms with Gasteiger partial charge in [-0.3, -0.25) is 9.69 Å². The number of hydrogen-bond acceptors (Lipinski definition) is 3. The van der Waals surface area contributed by atoms with Gasteiger partial charge in [-0.2, -0.15) is 0 Å². The third-order valence-electron chi connectivity index (χ3n) is 2.23. The van der Waals surface area contributed by atoms with Crippen LogP contribution in [0.5, 0.6) is 0 Å². The van der Waals surface area contributed by atoms with Crippen LogP contribution in [-0.4, -0.2) is 51.1 Å². The van der Waals surface area contributed by atoms with Gasteiger partial charge in [0.05, 0.1) is 6.54 Å². The van der Waals surface area contributed by atoms with Gasteiger partial charge in [0.15, 0.2) is 0 Å². The summed E-state index contributed by atoms with van der Waals surface area (Å²) in [7, 11) is 3.92. The van der Waals surface area contributed by atoms with E-state index >= 15 is 0 Å². The minimum atomic E-state index is 0.135. The molecule has 0 aromatic rings. The second-order valence-electron chi connectivity index (χ2n) is 3.90. The van der Waals surface area contributed by atoms with Crippen LogP contribution in [0.25, 0.3) is 0 Å². The quantitative estimate of drug-likeness (QED) is 0.549. The summed E-state index contributed by atoms with van der Waals surface area (Å²) >= 11 is 0. The van der Waals surface area contributed by atoms with E-state index in [0.717, 1.165) is 38.9 Å². The third kappa shape index (κ3) is 9.69. The van der Waals surface area contributed by atoms with Crippen LogP contribution in [0.15, 0.2) is 0 Å². The molecule has 1 amide bonds. The Morgan fingerprint density at radius 1 is 1.27 bits per heavy atom. The number of carbonyl (C=O) groups is 1. The second-order valence-corrected chi connectivity index (χ2v) is 3.90. The van der Waals surface area contributed by atoms with E-state index in [4.69, 9.17) is 0 Å². The summed E-state index contributed by atoms with van der Waals surface area (Å²) in [6.07, 6.45) is 3.27. The summed E-state index contributed by atoms with van der Waals surface area (Å²) in [5, 5.41) is 6.00. The molecule has 4 heteroatoms. The minimum Gasteiger partial charge on any atom is -0.355 e. The van der Waals surface area contributed by atoms with Gasteiger partial charge in [0.25, 0.3) is 0 Å². The molecule has 0 saturated heterocycles. The fraction of sp³-hybridized carbons (Fsp3) is 0.909. The lowest BCUT2D eigenvalue weighted by Gasteiger charge is -2.15. The predicted octanol–water partition coefficient (Wildman–Crippen LogP) is 0.444. The fourth-order valence-corrected chi connectivity index (χ4v) is 1.31. The first-order chi connectivity index (χ1) is 7.20. The molecular formula is C11H25N3O. The molecule has 0 rings (SSSR count). The van der Waals surface area contributed by atoms with Crippen LogP contribution in [0, 0.1) is 0 Å². The first-order valence-electron chi connectivity index (χ1n) is 5.80. The van der Waals surface area contributed by atoms with Crippen molar-refractivity contribution < 1.29 is 4.79 Å². The maximum atomic E-state index is 11.4. The van der Waals surface area contributed by atoms with E-state index in [0.29, 0.717) is 6.54 Å². The highest BCUT2D eigenvalue weighted by atomic mass is 16.2. The van der Waals surface area contributed by atoms with Gasteiger partial charge in [0, 0.05) is 6.54 Å². The van der Waals surface area contributed by atoms with E-state index < -0.39 is 0 Å². The summed E-state index contributed by atoms with van der Waals surface area (Å²) in [4.78, 5) is 13.4. The molecule has 0 aliphatic carbocycles. The Kier molecular flexibility index (Phi) is 9.52. The van der Waals surface area contributed by atoms with Gasteiger partial charge in [0.1, 0.15) is 0 Å². The van der Waals surface area contributed by atoms with Gasteiger partial charge in [0.2, 0.25) is 5.91 Å². The van der Waals surface area contributed by atoms with E-state index in [1.54, 1.807) is 0 Å². The van der Waals surface area contributed by atoms with E-state index in [-0.39, 0.29) is 5.91 Å². The number of nitrogens with zero attached hydrogens (tertiary/aromatic N) is 1. The second kappa shape index (κ2) is 9.93. The number of carbonyl (C=O) groups excluding carboxylic acids is 1. The van der Waals surface area contributed by atoms with Gasteiger partial charge >= 0.3 is 0 Å². The zero-order chi connectivity index (χ0) is 11.5. The third-order valence-corrected chi connectivity index (χ3v) is 2.23. The van der Waals surface area contributed by atoms with Crippen molar-refractivity contribution in [2.24, 2.45) is 0 Å². The number of likely N-dealkylation sites (N-methyl/N-ethyl adjacent to an activating group) is 1. The van der Waals surface area contributed by atoms with Crippen LogP contribution < -0.4 is 10.6 Å². The summed E-state index contributed by atoms with van der Waals surface area (Å²) < 4.78 is 0. The maximum absolute atomic E-state index is 11.4. The van der Waals surface area contributed by atoms with E-state index in [2.05, 4.69) is 22.5 Å². The molecule has 0 spiro atoms. The lowest BCUT2D eigenvalue weighted by Crippen LogP contribution is -2.36.